The molecule has 6 rings (SSSR count). The molecule has 6 atom stereocenters. The molecule has 9 nitrogen and oxygen atoms in total. The van der Waals surface area contributed by atoms with E-state index >= 15 is 0 Å². The van der Waals surface area contributed by atoms with Gasteiger partial charge in [-0.05, 0) is 42.2 Å². The number of para-hydroxylation sites is 1. The number of hydrogen-bond acceptors (Lipinski definition) is 7. The number of benzene rings is 3. The fourth-order valence-electron chi connectivity index (χ4n) is 7.33. The van der Waals surface area contributed by atoms with Gasteiger partial charge in [-0.25, -0.2) is 9.29 Å². The number of ether oxygens (including phenoxy) is 2. The lowest BCUT2D eigenvalue weighted by atomic mass is 9.73. The van der Waals surface area contributed by atoms with E-state index in [9.17, 15) is 29.3 Å². The van der Waals surface area contributed by atoms with E-state index in [1.807, 2.05) is 12.1 Å². The lowest BCUT2D eigenvalue weighted by molar-refractivity contribution is -0.326. The minimum atomic E-state index is -1.92. The summed E-state index contributed by atoms with van der Waals surface area (Å²) in [6, 6.07) is 23.6. The SMILES string of the molecule is CC(C)[C@]1(O)N2CC[C@H](C[C@H](O)CC(=O)O)O[C@]2(c2ccc(F)cc2)[C@]2(c3ccccc3)O[C@@]21C(=O)Nc1ccccc1. The largest absolute Gasteiger partial charge is 0.481 e. The number of carboxylic acids is 1. The maximum Gasteiger partial charge on any atom is 0.305 e. The first kappa shape index (κ1) is 29.4. The van der Waals surface area contributed by atoms with Crippen molar-refractivity contribution in [1.29, 1.82) is 0 Å². The van der Waals surface area contributed by atoms with Crippen molar-refractivity contribution in [1.82, 2.24) is 4.90 Å². The highest BCUT2D eigenvalue weighted by atomic mass is 19.1. The number of aliphatic carboxylic acids is 1. The van der Waals surface area contributed by atoms with Gasteiger partial charge in [-0.2, -0.15) is 0 Å². The molecular weight excluding hydrogens is 555 g/mol. The first-order valence-corrected chi connectivity index (χ1v) is 14.5. The molecule has 3 aliphatic rings. The van der Waals surface area contributed by atoms with E-state index in [1.165, 1.54) is 12.1 Å². The molecule has 0 saturated carbocycles. The summed E-state index contributed by atoms with van der Waals surface area (Å²) in [6.07, 6.45) is -2.01. The molecule has 3 aromatic carbocycles. The third-order valence-corrected chi connectivity index (χ3v) is 9.08. The molecule has 3 saturated heterocycles. The number of hydrogen-bond donors (Lipinski definition) is 4. The molecular formula is C33H35FN2O7. The maximum atomic E-state index is 14.6. The number of epoxide rings is 1. The Morgan fingerprint density at radius 1 is 1.00 bits per heavy atom. The Hall–Kier alpha value is -3.67. The monoisotopic (exact) mass is 590 g/mol. The number of fused-ring (bicyclic) bond motifs is 3. The van der Waals surface area contributed by atoms with Gasteiger partial charge in [0.1, 0.15) is 5.82 Å². The van der Waals surface area contributed by atoms with Crippen molar-refractivity contribution in [2.45, 2.75) is 68.0 Å². The molecule has 0 unspecified atom stereocenters. The number of anilines is 1. The summed E-state index contributed by atoms with van der Waals surface area (Å²) in [4.78, 5) is 27.7. The molecule has 3 fully saturated rings. The third-order valence-electron chi connectivity index (χ3n) is 9.08. The zero-order valence-electron chi connectivity index (χ0n) is 23.9. The predicted molar refractivity (Wildman–Crippen MR) is 154 cm³/mol. The quantitative estimate of drug-likeness (QED) is 0.276. The van der Waals surface area contributed by atoms with Crippen LogP contribution in [0.2, 0.25) is 0 Å². The van der Waals surface area contributed by atoms with Crippen LogP contribution in [0.15, 0.2) is 84.9 Å². The van der Waals surface area contributed by atoms with Gasteiger partial charge >= 0.3 is 5.97 Å². The van der Waals surface area contributed by atoms with Gasteiger partial charge in [0.05, 0.1) is 18.6 Å². The Labute approximate surface area is 248 Å². The first-order chi connectivity index (χ1) is 20.5. The number of carbonyl (C=O) groups excluding carboxylic acids is 1. The van der Waals surface area contributed by atoms with Crippen LogP contribution in [0.3, 0.4) is 0 Å². The normalized spacial score (nSPS) is 32.1. The van der Waals surface area contributed by atoms with Crippen LogP contribution in [0.25, 0.3) is 0 Å². The summed E-state index contributed by atoms with van der Waals surface area (Å²) in [7, 11) is 0. The zero-order chi connectivity index (χ0) is 30.6. The lowest BCUT2D eigenvalue weighted by Crippen LogP contribution is -2.68. The van der Waals surface area contributed by atoms with Gasteiger partial charge in [-0.3, -0.25) is 9.59 Å². The number of nitrogens with zero attached hydrogens (tertiary/aromatic N) is 1. The van der Waals surface area contributed by atoms with Crippen molar-refractivity contribution in [2.24, 2.45) is 5.92 Å². The van der Waals surface area contributed by atoms with Gasteiger partial charge in [0.2, 0.25) is 5.60 Å². The average Bonchev–Trinajstić information content (AvgIpc) is 3.67. The van der Waals surface area contributed by atoms with Crippen LogP contribution >= 0.6 is 0 Å². The summed E-state index contributed by atoms with van der Waals surface area (Å²) in [6.45, 7) is 3.83. The van der Waals surface area contributed by atoms with E-state index in [0.717, 1.165) is 0 Å². The van der Waals surface area contributed by atoms with Crippen molar-refractivity contribution >= 4 is 17.6 Å². The molecule has 0 aliphatic carbocycles. The molecule has 0 radical (unpaired) electrons. The number of carboxylic acid groups (broad SMARTS) is 1. The number of aliphatic hydroxyl groups is 2. The molecule has 3 heterocycles. The van der Waals surface area contributed by atoms with Crippen molar-refractivity contribution < 1.29 is 38.8 Å². The molecule has 0 aromatic heterocycles. The minimum Gasteiger partial charge on any atom is -0.481 e. The highest BCUT2D eigenvalue weighted by molar-refractivity contribution is 6.03. The van der Waals surface area contributed by atoms with Crippen LogP contribution in [0, 0.1) is 11.7 Å². The minimum absolute atomic E-state index is 0.00271. The molecule has 43 heavy (non-hydrogen) atoms. The Bertz CT molecular complexity index is 1510. The van der Waals surface area contributed by atoms with Crippen LogP contribution in [-0.2, 0) is 30.4 Å². The van der Waals surface area contributed by atoms with Gasteiger partial charge in [0.15, 0.2) is 17.1 Å². The molecule has 3 aromatic rings. The number of halogens is 1. The molecule has 226 valence electrons. The van der Waals surface area contributed by atoms with E-state index in [4.69, 9.17) is 9.47 Å². The second-order valence-corrected chi connectivity index (χ2v) is 11.8. The fourth-order valence-corrected chi connectivity index (χ4v) is 7.33. The number of morpholine rings is 1. The topological polar surface area (TPSA) is 132 Å². The number of rotatable bonds is 9. The maximum absolute atomic E-state index is 14.6. The van der Waals surface area contributed by atoms with Gasteiger partial charge in [0.25, 0.3) is 5.91 Å². The van der Waals surface area contributed by atoms with E-state index in [-0.39, 0.29) is 13.0 Å². The van der Waals surface area contributed by atoms with Crippen molar-refractivity contribution in [3.05, 3.63) is 102 Å². The van der Waals surface area contributed by atoms with Gasteiger partial charge in [0, 0.05) is 24.2 Å². The number of carbonyl (C=O) groups is 2. The summed E-state index contributed by atoms with van der Waals surface area (Å²) in [5.41, 5.74) is -5.55. The van der Waals surface area contributed by atoms with Gasteiger partial charge in [-0.15, -0.1) is 0 Å². The van der Waals surface area contributed by atoms with E-state index in [0.29, 0.717) is 23.2 Å². The van der Waals surface area contributed by atoms with E-state index in [2.05, 4.69) is 5.32 Å². The number of aliphatic hydroxyl groups excluding tert-OH is 1. The Morgan fingerprint density at radius 3 is 2.23 bits per heavy atom. The first-order valence-electron chi connectivity index (χ1n) is 14.5. The van der Waals surface area contributed by atoms with Gasteiger partial charge < -0.3 is 30.1 Å². The smallest absolute Gasteiger partial charge is 0.305 e. The summed E-state index contributed by atoms with van der Waals surface area (Å²) < 4.78 is 28.0. The second-order valence-electron chi connectivity index (χ2n) is 11.8. The van der Waals surface area contributed by atoms with Crippen molar-refractivity contribution in [2.75, 3.05) is 11.9 Å². The van der Waals surface area contributed by atoms with Crippen LogP contribution in [0.5, 0.6) is 0 Å². The third kappa shape index (κ3) is 4.08. The molecule has 0 spiro atoms. The van der Waals surface area contributed by atoms with E-state index < -0.39 is 64.9 Å². The summed E-state index contributed by atoms with van der Waals surface area (Å²) in [5.74, 6) is -2.75. The van der Waals surface area contributed by atoms with Crippen LogP contribution in [0.4, 0.5) is 10.1 Å². The molecule has 0 bridgehead atoms. The predicted octanol–water partition coefficient (Wildman–Crippen LogP) is 3.96. The van der Waals surface area contributed by atoms with Gasteiger partial charge in [-0.1, -0.05) is 74.5 Å². The van der Waals surface area contributed by atoms with Crippen molar-refractivity contribution in [3.63, 3.8) is 0 Å². The average molecular weight is 591 g/mol. The lowest BCUT2D eigenvalue weighted by Gasteiger charge is -2.54. The number of amides is 1. The molecule has 1 amide bonds. The number of nitrogens with one attached hydrogen (secondary N) is 1. The summed E-state index contributed by atoms with van der Waals surface area (Å²) >= 11 is 0. The fraction of sp³-hybridized carbons (Fsp3) is 0.394. The Kier molecular flexibility index (Phi) is 7.18. The zero-order valence-corrected chi connectivity index (χ0v) is 23.9. The van der Waals surface area contributed by atoms with E-state index in [1.54, 1.807) is 79.4 Å². The second kappa shape index (κ2) is 10.5. The molecule has 4 N–H and O–H groups in total. The molecule has 3 aliphatic heterocycles. The summed E-state index contributed by atoms with van der Waals surface area (Å²) in [5, 5.41) is 35.7. The highest BCUT2D eigenvalue weighted by Crippen LogP contribution is 2.79. The standard InChI is InChI=1S/C33H35FN2O7/c1-21(2)32(41)31(29(40)35-25-11-7-4-8-12-25)30(43-31,22-9-5-3-6-10-22)33(23-13-15-24(34)16-14-23)36(32)18-17-27(42-33)19-26(37)20-28(38)39/h3-16,21,26-27,37,41H,17-20H2,1-2H3,(H,35,40)(H,38,39)/t26-,27+,30+,31-,32+,33+/m0/s1. The van der Waals surface area contributed by atoms with Crippen LogP contribution in [-0.4, -0.2) is 62.2 Å². The highest BCUT2D eigenvalue weighted by Gasteiger charge is 2.99. The Balaban J connectivity index is 1.59. The van der Waals surface area contributed by atoms with Crippen LogP contribution < -0.4 is 5.32 Å². The molecule has 10 heteroatoms. The van der Waals surface area contributed by atoms with Crippen molar-refractivity contribution in [3.8, 4) is 0 Å². The van der Waals surface area contributed by atoms with Crippen LogP contribution in [0.1, 0.15) is 44.2 Å². The Morgan fingerprint density at radius 2 is 1.63 bits per heavy atom.